The fraction of sp³-hybridized carbons (Fsp3) is 0.650. The van der Waals surface area contributed by atoms with Gasteiger partial charge in [0.25, 0.3) is 0 Å². The van der Waals surface area contributed by atoms with Gasteiger partial charge in [-0.1, -0.05) is 39.2 Å². The summed E-state index contributed by atoms with van der Waals surface area (Å²) in [5.41, 5.74) is 5.18. The molecule has 0 saturated heterocycles. The van der Waals surface area contributed by atoms with Crippen LogP contribution in [0.4, 0.5) is 0 Å². The van der Waals surface area contributed by atoms with Crippen LogP contribution in [-0.4, -0.2) is 58.6 Å². The van der Waals surface area contributed by atoms with Crippen LogP contribution >= 0.6 is 0 Å². The molecule has 2 amide bonds. The molecule has 0 radical (unpaired) electrons. The highest BCUT2D eigenvalue weighted by atomic mass is 16.4. The maximum Gasteiger partial charge on any atom is 0.326 e. The Hall–Kier alpha value is -3.11. The predicted octanol–water partition coefficient (Wildman–Crippen LogP) is 0.551. The van der Waals surface area contributed by atoms with Gasteiger partial charge in [-0.25, -0.2) is 4.79 Å². The van der Waals surface area contributed by atoms with Gasteiger partial charge >= 0.3 is 11.9 Å². The maximum absolute atomic E-state index is 12.3. The molecule has 8 N–H and O–H groups in total. The van der Waals surface area contributed by atoms with Crippen molar-refractivity contribution >= 4 is 29.7 Å². The van der Waals surface area contributed by atoms with Crippen LogP contribution in [0.2, 0.25) is 0 Å². The third kappa shape index (κ3) is 14.5. The van der Waals surface area contributed by atoms with Gasteiger partial charge in [-0.15, -0.1) is 0 Å². The second-order valence-corrected chi connectivity index (χ2v) is 7.53. The lowest BCUT2D eigenvalue weighted by Crippen LogP contribution is -2.53. The topological polar surface area (TPSA) is 195 Å². The molecule has 0 saturated carbocycles. The van der Waals surface area contributed by atoms with E-state index in [0.29, 0.717) is 13.0 Å². The molecule has 0 spiro atoms. The summed E-state index contributed by atoms with van der Waals surface area (Å²) in [6, 6.07) is -2.56. The van der Waals surface area contributed by atoms with E-state index in [1.54, 1.807) is 19.9 Å². The zero-order chi connectivity index (χ0) is 23.8. The molecule has 0 rings (SSSR count). The fourth-order valence-corrected chi connectivity index (χ4v) is 2.70. The molecule has 0 fully saturated rings. The van der Waals surface area contributed by atoms with Crippen molar-refractivity contribution in [3.05, 3.63) is 12.2 Å². The van der Waals surface area contributed by atoms with Crippen molar-refractivity contribution < 1.29 is 29.4 Å². The van der Waals surface area contributed by atoms with Gasteiger partial charge in [-0.2, -0.15) is 0 Å². The highest BCUT2D eigenvalue weighted by Gasteiger charge is 2.29. The number of rotatable bonds is 16. The molecule has 0 heterocycles. The first-order valence-electron chi connectivity index (χ1n) is 10.3. The first-order valence-corrected chi connectivity index (χ1v) is 10.3. The van der Waals surface area contributed by atoms with E-state index in [4.69, 9.17) is 21.4 Å². The first-order chi connectivity index (χ1) is 14.5. The van der Waals surface area contributed by atoms with Crippen LogP contribution < -0.4 is 21.7 Å². The number of carboxylic acids is 2. The van der Waals surface area contributed by atoms with Crippen molar-refractivity contribution in [3.8, 4) is 0 Å². The number of guanidine groups is 1. The molecule has 2 atom stereocenters. The smallest absolute Gasteiger partial charge is 0.326 e. The van der Waals surface area contributed by atoms with Crippen LogP contribution in [0.25, 0.3) is 0 Å². The van der Waals surface area contributed by atoms with Gasteiger partial charge in [-0.05, 0) is 31.3 Å². The lowest BCUT2D eigenvalue weighted by atomic mass is 10.0. The van der Waals surface area contributed by atoms with E-state index in [0.717, 1.165) is 32.1 Å². The van der Waals surface area contributed by atoms with Gasteiger partial charge in [0.15, 0.2) is 5.96 Å². The minimum Gasteiger partial charge on any atom is -0.481 e. The second-order valence-electron chi connectivity index (χ2n) is 7.53. The van der Waals surface area contributed by atoms with Gasteiger partial charge in [0.2, 0.25) is 11.8 Å². The summed E-state index contributed by atoms with van der Waals surface area (Å²) in [6.45, 7) is 3.89. The number of hydrogen-bond donors (Lipinski definition) is 7. The monoisotopic (exact) mass is 441 g/mol. The number of nitrogens with one attached hydrogen (secondary N) is 4. The van der Waals surface area contributed by atoms with Gasteiger partial charge < -0.3 is 31.9 Å². The van der Waals surface area contributed by atoms with Crippen LogP contribution in [0.3, 0.4) is 0 Å². The van der Waals surface area contributed by atoms with Crippen molar-refractivity contribution in [3.63, 3.8) is 0 Å². The number of hydrogen-bond acceptors (Lipinski definition) is 5. The number of amides is 2. The normalized spacial score (nSPS) is 12.9. The Bertz CT molecular complexity index is 650. The Morgan fingerprint density at radius 2 is 1.61 bits per heavy atom. The van der Waals surface area contributed by atoms with Crippen molar-refractivity contribution in [1.82, 2.24) is 16.0 Å². The number of allylic oxidation sites excluding steroid dienone is 1. The minimum absolute atomic E-state index is 0.0342. The van der Waals surface area contributed by atoms with Gasteiger partial charge in [0, 0.05) is 6.54 Å². The van der Waals surface area contributed by atoms with Gasteiger partial charge in [0.1, 0.15) is 12.1 Å². The van der Waals surface area contributed by atoms with E-state index < -0.39 is 48.2 Å². The Morgan fingerprint density at radius 3 is 2.16 bits per heavy atom. The zero-order valence-electron chi connectivity index (χ0n) is 18.1. The molecule has 0 aromatic rings. The molecule has 176 valence electrons. The lowest BCUT2D eigenvalue weighted by molar-refractivity contribution is -0.144. The maximum atomic E-state index is 12.3. The van der Waals surface area contributed by atoms with Crippen molar-refractivity contribution in [2.75, 3.05) is 6.54 Å². The Balaban J connectivity index is 4.40. The largest absolute Gasteiger partial charge is 0.481 e. The molecule has 0 aliphatic rings. The Morgan fingerprint density at radius 1 is 1.00 bits per heavy atom. The number of carbonyl (C=O) groups is 4. The van der Waals surface area contributed by atoms with Crippen molar-refractivity contribution in [2.24, 2.45) is 11.7 Å². The third-order valence-electron chi connectivity index (χ3n) is 4.37. The summed E-state index contributed by atoms with van der Waals surface area (Å²) in [4.78, 5) is 46.6. The molecular formula is C20H35N5O6. The van der Waals surface area contributed by atoms with E-state index in [1.807, 2.05) is 0 Å². The summed E-state index contributed by atoms with van der Waals surface area (Å²) >= 11 is 0. The minimum atomic E-state index is -1.38. The third-order valence-corrected chi connectivity index (χ3v) is 4.37. The van der Waals surface area contributed by atoms with Crippen LogP contribution in [0.15, 0.2) is 12.2 Å². The number of carbonyl (C=O) groups excluding carboxylic acids is 2. The molecule has 0 aliphatic heterocycles. The summed E-state index contributed by atoms with van der Waals surface area (Å²) < 4.78 is 0. The zero-order valence-corrected chi connectivity index (χ0v) is 18.1. The number of aliphatic carboxylic acids is 2. The van der Waals surface area contributed by atoms with Crippen molar-refractivity contribution in [1.29, 1.82) is 5.41 Å². The molecule has 0 aliphatic carbocycles. The van der Waals surface area contributed by atoms with Crippen LogP contribution in [-0.2, 0) is 19.2 Å². The van der Waals surface area contributed by atoms with Gasteiger partial charge in [0.05, 0.1) is 6.42 Å². The summed E-state index contributed by atoms with van der Waals surface area (Å²) in [7, 11) is 0. The Labute approximate surface area is 182 Å². The highest BCUT2D eigenvalue weighted by molar-refractivity contribution is 5.95. The average Bonchev–Trinajstić information content (AvgIpc) is 2.65. The summed E-state index contributed by atoms with van der Waals surface area (Å²) in [6.07, 6.45) is 7.68. The van der Waals surface area contributed by atoms with E-state index in [1.165, 1.54) is 6.08 Å². The predicted molar refractivity (Wildman–Crippen MR) is 115 cm³/mol. The van der Waals surface area contributed by atoms with Crippen LogP contribution in [0.1, 0.15) is 58.8 Å². The quantitative estimate of drug-likeness (QED) is 0.0780. The SMILES string of the molecule is CC(C)[C@H](NC(=O)[C@H](CC(=O)O)NC(=O)C=CCCCCCCCNC(=N)N)C(=O)O. The molecule has 31 heavy (non-hydrogen) atoms. The van der Waals surface area contributed by atoms with E-state index in [2.05, 4.69) is 16.0 Å². The molecule has 0 unspecified atom stereocenters. The van der Waals surface area contributed by atoms with E-state index >= 15 is 0 Å². The molecule has 0 aromatic carbocycles. The summed E-state index contributed by atoms with van der Waals surface area (Å²) in [5.74, 6) is -4.45. The standard InChI is InChI=1S/C20H35N5O6/c1-13(2)17(19(30)31)25-18(29)14(12-16(27)28)24-15(26)10-8-6-4-3-5-7-9-11-23-20(21)22/h8,10,13-14,17H,3-7,9,11-12H2,1-2H3,(H,24,26)(H,25,29)(H,27,28)(H,30,31)(H4,21,22,23)/t14-,17-/m0/s1. The Kier molecular flexibility index (Phi) is 14.1. The lowest BCUT2D eigenvalue weighted by Gasteiger charge is -2.22. The molecular weight excluding hydrogens is 406 g/mol. The first kappa shape index (κ1) is 27.9. The summed E-state index contributed by atoms with van der Waals surface area (Å²) in [5, 5.41) is 32.5. The number of unbranched alkanes of at least 4 members (excludes halogenated alkanes) is 5. The van der Waals surface area contributed by atoms with E-state index in [9.17, 15) is 19.2 Å². The average molecular weight is 442 g/mol. The van der Waals surface area contributed by atoms with E-state index in [-0.39, 0.29) is 5.96 Å². The van der Waals surface area contributed by atoms with Gasteiger partial charge in [-0.3, -0.25) is 19.8 Å². The molecule has 11 nitrogen and oxygen atoms in total. The highest BCUT2D eigenvalue weighted by Crippen LogP contribution is 2.06. The van der Waals surface area contributed by atoms with Crippen LogP contribution in [0.5, 0.6) is 0 Å². The molecule has 0 bridgehead atoms. The number of nitrogens with two attached hydrogens (primary N) is 1. The molecule has 11 heteroatoms. The molecule has 0 aromatic heterocycles. The second kappa shape index (κ2) is 15.7. The fourth-order valence-electron chi connectivity index (χ4n) is 2.70. The number of carboxylic acid groups (broad SMARTS) is 2. The van der Waals surface area contributed by atoms with Crippen molar-refractivity contribution in [2.45, 2.75) is 70.9 Å². The van der Waals surface area contributed by atoms with Crippen LogP contribution in [0, 0.1) is 11.3 Å².